The summed E-state index contributed by atoms with van der Waals surface area (Å²) < 4.78 is 21.6. The van der Waals surface area contributed by atoms with Crippen molar-refractivity contribution in [3.63, 3.8) is 0 Å². The van der Waals surface area contributed by atoms with Crippen molar-refractivity contribution in [2.45, 2.75) is 66.2 Å². The van der Waals surface area contributed by atoms with Crippen LogP contribution in [0, 0.1) is 35.5 Å². The van der Waals surface area contributed by atoms with Gasteiger partial charge in [0, 0.05) is 0 Å². The molecule has 2 aliphatic rings. The lowest BCUT2D eigenvalue weighted by molar-refractivity contribution is -0.156. The Labute approximate surface area is 309 Å². The first kappa shape index (κ1) is 38.9. The number of esters is 4. The van der Waals surface area contributed by atoms with Crippen LogP contribution < -0.4 is 9.47 Å². The molecule has 48 heavy (non-hydrogen) atoms. The first-order valence-corrected chi connectivity index (χ1v) is 18.1. The van der Waals surface area contributed by atoms with Gasteiger partial charge in [-0.15, -0.1) is 0 Å². The standard InChI is InChI=1S/C34H36Cl6O8/c1-5-17-7-15(3)19(9-17)13-45-31(41)25-27(39)21(35)11-23(37)29(25)47-33(43)34(44)48-30-24(38)12-22(36)28(40)26(30)32(42)46-14-20-10-18(6-2)8-16(20)4/h11-12,15-20H,5-10,13-14H2,1-4H3. The summed E-state index contributed by atoms with van der Waals surface area (Å²) in [5.41, 5.74) is -0.896. The van der Waals surface area contributed by atoms with E-state index in [-0.39, 0.29) is 55.2 Å². The first-order valence-electron chi connectivity index (χ1n) is 15.8. The summed E-state index contributed by atoms with van der Waals surface area (Å²) in [5.74, 6) is -4.32. The molecule has 2 saturated carbocycles. The molecule has 8 nitrogen and oxygen atoms in total. The lowest BCUT2D eigenvalue weighted by Crippen LogP contribution is -2.28. The summed E-state index contributed by atoms with van der Waals surface area (Å²) in [6.45, 7) is 8.62. The Kier molecular flexibility index (Phi) is 13.6. The zero-order valence-electron chi connectivity index (χ0n) is 26.8. The molecule has 0 bridgehead atoms. The molecule has 0 aromatic heterocycles. The molecule has 2 aromatic rings. The van der Waals surface area contributed by atoms with Gasteiger partial charge in [-0.1, -0.05) is 110 Å². The van der Waals surface area contributed by atoms with E-state index >= 15 is 0 Å². The average molecular weight is 785 g/mol. The molecule has 262 valence electrons. The van der Waals surface area contributed by atoms with Crippen LogP contribution in [-0.4, -0.2) is 37.1 Å². The first-order chi connectivity index (χ1) is 22.7. The summed E-state index contributed by atoms with van der Waals surface area (Å²) in [7, 11) is 0. The van der Waals surface area contributed by atoms with Crippen molar-refractivity contribution >= 4 is 93.5 Å². The number of benzene rings is 2. The topological polar surface area (TPSA) is 105 Å². The third-order valence-corrected chi connectivity index (χ3v) is 11.7. The number of carbonyl (C=O) groups excluding carboxylic acids is 4. The van der Waals surface area contributed by atoms with Crippen LogP contribution in [0.1, 0.15) is 86.9 Å². The van der Waals surface area contributed by atoms with Crippen molar-refractivity contribution < 1.29 is 38.1 Å². The van der Waals surface area contributed by atoms with Crippen molar-refractivity contribution in [1.29, 1.82) is 0 Å². The van der Waals surface area contributed by atoms with Crippen molar-refractivity contribution in [1.82, 2.24) is 0 Å². The summed E-state index contributed by atoms with van der Waals surface area (Å²) in [6.07, 6.45) is 5.89. The summed E-state index contributed by atoms with van der Waals surface area (Å²) >= 11 is 37.6. The molecule has 4 rings (SSSR count). The molecule has 2 aliphatic carbocycles. The summed E-state index contributed by atoms with van der Waals surface area (Å²) in [4.78, 5) is 52.6. The molecule has 0 N–H and O–H groups in total. The van der Waals surface area contributed by atoms with E-state index in [1.807, 2.05) is 0 Å². The van der Waals surface area contributed by atoms with Crippen LogP contribution in [0.15, 0.2) is 12.1 Å². The fourth-order valence-corrected chi connectivity index (χ4v) is 8.02. The van der Waals surface area contributed by atoms with E-state index in [1.54, 1.807) is 0 Å². The third-order valence-electron chi connectivity index (χ3n) is 9.52. The number of halogens is 6. The van der Waals surface area contributed by atoms with Gasteiger partial charge in [-0.3, -0.25) is 0 Å². The second-order valence-corrected chi connectivity index (χ2v) is 15.0. The molecule has 2 aromatic carbocycles. The zero-order chi connectivity index (χ0) is 35.4. The highest BCUT2D eigenvalue weighted by Crippen LogP contribution is 2.43. The Morgan fingerprint density at radius 1 is 0.604 bits per heavy atom. The smallest absolute Gasteiger partial charge is 0.423 e. The second-order valence-electron chi connectivity index (χ2n) is 12.7. The van der Waals surface area contributed by atoms with Crippen molar-refractivity contribution in [3.05, 3.63) is 53.4 Å². The van der Waals surface area contributed by atoms with Gasteiger partial charge >= 0.3 is 23.9 Å². The van der Waals surface area contributed by atoms with Gasteiger partial charge in [0.25, 0.3) is 0 Å². The maximum atomic E-state index is 13.3. The number of ether oxygens (including phenoxy) is 4. The molecular weight excluding hydrogens is 749 g/mol. The monoisotopic (exact) mass is 782 g/mol. The normalized spacial score (nSPS) is 23.5. The van der Waals surface area contributed by atoms with Gasteiger partial charge in [0.05, 0.1) is 43.3 Å². The maximum Gasteiger partial charge on any atom is 0.423 e. The van der Waals surface area contributed by atoms with Crippen LogP contribution in [0.3, 0.4) is 0 Å². The SMILES string of the molecule is CCC1CC(C)C(COC(=O)c2c(Cl)c(Cl)cc(Cl)c2OC(=O)C(=O)Oc2c(Cl)cc(Cl)c(Cl)c2C(=O)OCC2CC(CC)CC2C)C1. The van der Waals surface area contributed by atoms with Gasteiger partial charge < -0.3 is 18.9 Å². The van der Waals surface area contributed by atoms with Gasteiger partial charge in [-0.25, -0.2) is 19.2 Å². The number of hydrogen-bond donors (Lipinski definition) is 0. The summed E-state index contributed by atoms with van der Waals surface area (Å²) in [5, 5.41) is -1.43. The van der Waals surface area contributed by atoms with Crippen LogP contribution in [0.5, 0.6) is 11.5 Å². The summed E-state index contributed by atoms with van der Waals surface area (Å²) in [6, 6.07) is 2.28. The van der Waals surface area contributed by atoms with Gasteiger partial charge in [0.2, 0.25) is 0 Å². The minimum absolute atomic E-state index is 0.0972. The Hall–Kier alpha value is -1.94. The number of hydrogen-bond acceptors (Lipinski definition) is 8. The molecule has 0 saturated heterocycles. The maximum absolute atomic E-state index is 13.3. The number of rotatable bonds is 10. The van der Waals surface area contributed by atoms with E-state index in [0.717, 1.165) is 50.7 Å². The predicted molar refractivity (Wildman–Crippen MR) is 186 cm³/mol. The molecule has 6 unspecified atom stereocenters. The predicted octanol–water partition coefficient (Wildman–Crippen LogP) is 10.6. The van der Waals surface area contributed by atoms with Crippen molar-refractivity contribution in [3.8, 4) is 11.5 Å². The van der Waals surface area contributed by atoms with E-state index in [0.29, 0.717) is 23.7 Å². The highest BCUT2D eigenvalue weighted by Gasteiger charge is 2.36. The van der Waals surface area contributed by atoms with E-state index in [4.69, 9.17) is 88.6 Å². The van der Waals surface area contributed by atoms with Crippen LogP contribution in [0.4, 0.5) is 0 Å². The molecular formula is C34H36Cl6O8. The van der Waals surface area contributed by atoms with Gasteiger partial charge in [-0.2, -0.15) is 0 Å². The highest BCUT2D eigenvalue weighted by molar-refractivity contribution is 6.47. The quantitative estimate of drug-likeness (QED) is 0.101. The molecule has 0 heterocycles. The fraction of sp³-hybridized carbons (Fsp3) is 0.529. The fourth-order valence-electron chi connectivity index (χ4n) is 6.58. The van der Waals surface area contributed by atoms with Crippen molar-refractivity contribution in [2.24, 2.45) is 35.5 Å². The molecule has 0 amide bonds. The van der Waals surface area contributed by atoms with E-state index in [2.05, 4.69) is 27.7 Å². The van der Waals surface area contributed by atoms with E-state index in [9.17, 15) is 19.2 Å². The van der Waals surface area contributed by atoms with Gasteiger partial charge in [0.1, 0.15) is 11.1 Å². The third kappa shape index (κ3) is 8.85. The van der Waals surface area contributed by atoms with Crippen LogP contribution in [0.25, 0.3) is 0 Å². The number of carbonyl (C=O) groups is 4. The highest BCUT2D eigenvalue weighted by atomic mass is 35.5. The lowest BCUT2D eigenvalue weighted by atomic mass is 9.99. The second kappa shape index (κ2) is 16.8. The van der Waals surface area contributed by atoms with Crippen LogP contribution >= 0.6 is 69.6 Å². The molecule has 14 heteroatoms. The average Bonchev–Trinajstić information content (AvgIpc) is 3.60. The Morgan fingerprint density at radius 3 is 1.27 bits per heavy atom. The molecule has 0 radical (unpaired) electrons. The van der Waals surface area contributed by atoms with Crippen LogP contribution in [0.2, 0.25) is 30.1 Å². The Morgan fingerprint density at radius 2 is 0.958 bits per heavy atom. The van der Waals surface area contributed by atoms with E-state index < -0.39 is 46.5 Å². The lowest BCUT2D eigenvalue weighted by Gasteiger charge is -2.18. The van der Waals surface area contributed by atoms with Gasteiger partial charge in [-0.05, 0) is 73.3 Å². The van der Waals surface area contributed by atoms with Gasteiger partial charge in [0.15, 0.2) is 11.5 Å². The zero-order valence-corrected chi connectivity index (χ0v) is 31.3. The van der Waals surface area contributed by atoms with Crippen molar-refractivity contribution in [2.75, 3.05) is 13.2 Å². The van der Waals surface area contributed by atoms with E-state index in [1.165, 1.54) is 0 Å². The molecule has 6 atom stereocenters. The minimum atomic E-state index is -1.63. The Bertz CT molecular complexity index is 1460. The van der Waals surface area contributed by atoms with Crippen LogP contribution in [-0.2, 0) is 19.1 Å². The largest absolute Gasteiger partial charge is 0.462 e. The molecule has 0 spiro atoms. The Balaban J connectivity index is 1.52. The minimum Gasteiger partial charge on any atom is -0.462 e. The molecule has 2 fully saturated rings. The molecule has 0 aliphatic heterocycles.